The zero-order valence-corrected chi connectivity index (χ0v) is 11.0. The molecule has 0 spiro atoms. The van der Waals surface area contributed by atoms with Crippen molar-refractivity contribution in [2.24, 2.45) is 7.05 Å². The van der Waals surface area contributed by atoms with Gasteiger partial charge in [-0.15, -0.1) is 0 Å². The van der Waals surface area contributed by atoms with Gasteiger partial charge in [0.15, 0.2) is 0 Å². The van der Waals surface area contributed by atoms with Crippen LogP contribution in [0.4, 0.5) is 5.95 Å². The summed E-state index contributed by atoms with van der Waals surface area (Å²) in [6, 6.07) is 10.1. The SMILES string of the molecule is Cn1c(NCCCn2cccn2)nc2ccccc21. The number of nitrogens with zero attached hydrogens (tertiary/aromatic N) is 4. The van der Waals surface area contributed by atoms with Gasteiger partial charge in [0.1, 0.15) is 0 Å². The van der Waals surface area contributed by atoms with Gasteiger partial charge in [-0.05, 0) is 24.6 Å². The summed E-state index contributed by atoms with van der Waals surface area (Å²) in [7, 11) is 2.03. The van der Waals surface area contributed by atoms with E-state index in [9.17, 15) is 0 Å². The molecular formula is C14H17N5. The molecule has 98 valence electrons. The molecule has 0 amide bonds. The fourth-order valence-corrected chi connectivity index (χ4v) is 2.18. The standard InChI is InChI=1S/C14H17N5/c1-18-13-7-3-2-6-12(13)17-14(18)15-8-4-10-19-11-5-9-16-19/h2-3,5-7,9,11H,4,8,10H2,1H3,(H,15,17). The van der Waals surface area contributed by atoms with E-state index in [1.807, 2.05) is 42.2 Å². The lowest BCUT2D eigenvalue weighted by molar-refractivity contribution is 0.590. The lowest BCUT2D eigenvalue weighted by Crippen LogP contribution is -2.09. The van der Waals surface area contributed by atoms with Crippen LogP contribution in [0.2, 0.25) is 0 Å². The highest BCUT2D eigenvalue weighted by atomic mass is 15.3. The number of rotatable bonds is 5. The van der Waals surface area contributed by atoms with Gasteiger partial charge in [-0.2, -0.15) is 5.10 Å². The molecule has 5 nitrogen and oxygen atoms in total. The lowest BCUT2D eigenvalue weighted by Gasteiger charge is -2.06. The van der Waals surface area contributed by atoms with Crippen molar-refractivity contribution in [3.05, 3.63) is 42.7 Å². The van der Waals surface area contributed by atoms with Crippen LogP contribution in [0.3, 0.4) is 0 Å². The molecule has 0 saturated heterocycles. The summed E-state index contributed by atoms with van der Waals surface area (Å²) < 4.78 is 4.03. The van der Waals surface area contributed by atoms with Gasteiger partial charge < -0.3 is 9.88 Å². The summed E-state index contributed by atoms with van der Waals surface area (Å²) in [6.07, 6.45) is 4.80. The molecule has 0 saturated carbocycles. The van der Waals surface area contributed by atoms with Crippen molar-refractivity contribution in [2.75, 3.05) is 11.9 Å². The Bertz CT molecular complexity index is 654. The number of para-hydroxylation sites is 2. The fourth-order valence-electron chi connectivity index (χ4n) is 2.18. The van der Waals surface area contributed by atoms with E-state index in [1.165, 1.54) is 0 Å². The molecule has 0 atom stereocenters. The Morgan fingerprint density at radius 2 is 2.11 bits per heavy atom. The molecule has 2 aromatic heterocycles. The molecule has 5 heteroatoms. The average molecular weight is 255 g/mol. The third-order valence-corrected chi connectivity index (χ3v) is 3.19. The number of hydrogen-bond donors (Lipinski definition) is 1. The molecule has 3 rings (SSSR count). The number of aryl methyl sites for hydroxylation is 2. The van der Waals surface area contributed by atoms with E-state index in [4.69, 9.17) is 0 Å². The normalized spacial score (nSPS) is 11.0. The van der Waals surface area contributed by atoms with Crippen molar-refractivity contribution >= 4 is 17.0 Å². The van der Waals surface area contributed by atoms with Crippen LogP contribution < -0.4 is 5.32 Å². The highest BCUT2D eigenvalue weighted by molar-refractivity contribution is 5.78. The Morgan fingerprint density at radius 1 is 1.21 bits per heavy atom. The molecule has 0 bridgehead atoms. The van der Waals surface area contributed by atoms with Gasteiger partial charge in [0.25, 0.3) is 0 Å². The van der Waals surface area contributed by atoms with E-state index < -0.39 is 0 Å². The highest BCUT2D eigenvalue weighted by Crippen LogP contribution is 2.17. The second-order valence-corrected chi connectivity index (χ2v) is 4.53. The van der Waals surface area contributed by atoms with Crippen LogP contribution in [-0.2, 0) is 13.6 Å². The van der Waals surface area contributed by atoms with Crippen LogP contribution in [0, 0.1) is 0 Å². The van der Waals surface area contributed by atoms with E-state index >= 15 is 0 Å². The van der Waals surface area contributed by atoms with Crippen LogP contribution in [-0.4, -0.2) is 25.9 Å². The first-order valence-electron chi connectivity index (χ1n) is 6.47. The summed E-state index contributed by atoms with van der Waals surface area (Å²) >= 11 is 0. The molecule has 0 aliphatic heterocycles. The predicted octanol–water partition coefficient (Wildman–Crippen LogP) is 2.27. The molecule has 1 aromatic carbocycles. The van der Waals surface area contributed by atoms with Crippen molar-refractivity contribution in [3.63, 3.8) is 0 Å². The molecule has 0 aliphatic carbocycles. The van der Waals surface area contributed by atoms with Crippen LogP contribution in [0.15, 0.2) is 42.7 Å². The first-order valence-corrected chi connectivity index (χ1v) is 6.47. The molecule has 19 heavy (non-hydrogen) atoms. The largest absolute Gasteiger partial charge is 0.356 e. The fraction of sp³-hybridized carbons (Fsp3) is 0.286. The second-order valence-electron chi connectivity index (χ2n) is 4.53. The molecule has 1 N–H and O–H groups in total. The minimum Gasteiger partial charge on any atom is -0.356 e. The Labute approximate surface area is 111 Å². The number of nitrogens with one attached hydrogen (secondary N) is 1. The van der Waals surface area contributed by atoms with Gasteiger partial charge in [-0.3, -0.25) is 4.68 Å². The van der Waals surface area contributed by atoms with Gasteiger partial charge in [-0.25, -0.2) is 4.98 Å². The van der Waals surface area contributed by atoms with Gasteiger partial charge in [-0.1, -0.05) is 12.1 Å². The maximum Gasteiger partial charge on any atom is 0.203 e. The van der Waals surface area contributed by atoms with Gasteiger partial charge >= 0.3 is 0 Å². The first kappa shape index (κ1) is 11.8. The highest BCUT2D eigenvalue weighted by Gasteiger charge is 2.05. The minimum absolute atomic E-state index is 0.886. The Hall–Kier alpha value is -2.30. The Kier molecular flexibility index (Phi) is 3.18. The number of aromatic nitrogens is 4. The summed E-state index contributed by atoms with van der Waals surface area (Å²) in [4.78, 5) is 4.58. The van der Waals surface area contributed by atoms with Crippen molar-refractivity contribution in [2.45, 2.75) is 13.0 Å². The van der Waals surface area contributed by atoms with Crippen molar-refractivity contribution < 1.29 is 0 Å². The number of benzene rings is 1. The smallest absolute Gasteiger partial charge is 0.203 e. The quantitative estimate of drug-likeness (QED) is 0.711. The Morgan fingerprint density at radius 3 is 2.89 bits per heavy atom. The summed E-state index contributed by atoms with van der Waals surface area (Å²) in [5, 5.41) is 7.56. The Balaban J connectivity index is 1.61. The van der Waals surface area contributed by atoms with Crippen LogP contribution in [0.5, 0.6) is 0 Å². The second kappa shape index (κ2) is 5.14. The van der Waals surface area contributed by atoms with E-state index in [1.54, 1.807) is 6.20 Å². The zero-order chi connectivity index (χ0) is 13.1. The van der Waals surface area contributed by atoms with Crippen molar-refractivity contribution in [1.82, 2.24) is 19.3 Å². The molecular weight excluding hydrogens is 238 g/mol. The third kappa shape index (κ3) is 2.45. The molecule has 0 unspecified atom stereocenters. The van der Waals surface area contributed by atoms with E-state index in [-0.39, 0.29) is 0 Å². The van der Waals surface area contributed by atoms with Gasteiger partial charge in [0.05, 0.1) is 11.0 Å². The topological polar surface area (TPSA) is 47.7 Å². The van der Waals surface area contributed by atoms with E-state index in [2.05, 4.69) is 26.0 Å². The van der Waals surface area contributed by atoms with Gasteiger partial charge in [0, 0.05) is 32.5 Å². The zero-order valence-electron chi connectivity index (χ0n) is 11.0. The molecule has 0 radical (unpaired) electrons. The maximum absolute atomic E-state index is 4.58. The maximum atomic E-state index is 4.58. The monoisotopic (exact) mass is 255 g/mol. The molecule has 2 heterocycles. The lowest BCUT2D eigenvalue weighted by atomic mass is 10.3. The minimum atomic E-state index is 0.886. The van der Waals surface area contributed by atoms with Gasteiger partial charge in [0.2, 0.25) is 5.95 Å². The summed E-state index contributed by atoms with van der Waals surface area (Å²) in [5.41, 5.74) is 2.18. The van der Waals surface area contributed by atoms with Crippen LogP contribution >= 0.6 is 0 Å². The first-order chi connectivity index (χ1) is 9.34. The van der Waals surface area contributed by atoms with E-state index in [0.717, 1.165) is 36.5 Å². The molecule has 0 fully saturated rings. The summed E-state index contributed by atoms with van der Waals surface area (Å²) in [5.74, 6) is 0.918. The van der Waals surface area contributed by atoms with E-state index in [0.29, 0.717) is 0 Å². The number of anilines is 1. The summed E-state index contributed by atoms with van der Waals surface area (Å²) in [6.45, 7) is 1.81. The molecule has 0 aliphatic rings. The number of fused-ring (bicyclic) bond motifs is 1. The molecule has 3 aromatic rings. The predicted molar refractivity (Wildman–Crippen MR) is 76.0 cm³/mol. The number of imidazole rings is 1. The van der Waals surface area contributed by atoms with Crippen LogP contribution in [0.25, 0.3) is 11.0 Å². The third-order valence-electron chi connectivity index (χ3n) is 3.19. The van der Waals surface area contributed by atoms with Crippen LogP contribution in [0.1, 0.15) is 6.42 Å². The van der Waals surface area contributed by atoms with Crippen molar-refractivity contribution in [3.8, 4) is 0 Å². The number of hydrogen-bond acceptors (Lipinski definition) is 3. The average Bonchev–Trinajstić information content (AvgIpc) is 3.04. The van der Waals surface area contributed by atoms with Crippen molar-refractivity contribution in [1.29, 1.82) is 0 Å².